The van der Waals surface area contributed by atoms with Crippen molar-refractivity contribution in [2.75, 3.05) is 0 Å². The average Bonchev–Trinajstić information content (AvgIpc) is 2.81. The van der Waals surface area contributed by atoms with Gasteiger partial charge in [-0.05, 0) is 48.5 Å². The molecule has 3 aromatic carbocycles. The van der Waals surface area contributed by atoms with Crippen molar-refractivity contribution in [3.63, 3.8) is 0 Å². The number of hydrogen-bond donors (Lipinski definition) is 0. The normalized spacial score (nSPS) is 13.2. The molecule has 3 nitrogen and oxygen atoms in total. The first-order valence-electron chi connectivity index (χ1n) is 9.60. The van der Waals surface area contributed by atoms with Crippen molar-refractivity contribution >= 4 is 32.6 Å². The topological polar surface area (TPSA) is 57.2 Å². The number of benzene rings is 3. The molecular weight excluding hydrogens is 583 g/mol. The third-order valence-corrected chi connectivity index (χ3v) is 7.80. The molecule has 0 saturated heterocycles. The van der Waals surface area contributed by atoms with E-state index >= 15 is 0 Å². The summed E-state index contributed by atoms with van der Waals surface area (Å²) in [5.41, 5.74) is 0. The summed E-state index contributed by atoms with van der Waals surface area (Å²) >= 11 is 6.01. The lowest BCUT2D eigenvalue weighted by Gasteiger charge is -2.34. The summed E-state index contributed by atoms with van der Waals surface area (Å²) < 4.78 is 135. The van der Waals surface area contributed by atoms with Crippen molar-refractivity contribution in [2.45, 2.75) is 38.0 Å². The predicted molar refractivity (Wildman–Crippen MR) is 117 cm³/mol. The van der Waals surface area contributed by atoms with E-state index in [4.69, 9.17) is 11.6 Å². The van der Waals surface area contributed by atoms with Crippen molar-refractivity contribution in [1.29, 1.82) is 0 Å². The Hall–Kier alpha value is -2.42. The molecule has 15 heteroatoms. The second kappa shape index (κ2) is 11.1. The molecule has 0 aliphatic rings. The Kier molecular flexibility index (Phi) is 9.27. The molecule has 0 amide bonds. The fourth-order valence-corrected chi connectivity index (χ4v) is 5.26. The van der Waals surface area contributed by atoms with Crippen molar-refractivity contribution in [3.8, 4) is 0 Å². The summed E-state index contributed by atoms with van der Waals surface area (Å²) in [6.45, 7) is 0. The molecule has 0 atom stereocenters. The van der Waals surface area contributed by atoms with E-state index in [2.05, 4.69) is 72.8 Å². The lowest BCUT2D eigenvalue weighted by Crippen LogP contribution is -2.63. The van der Waals surface area contributed by atoms with E-state index in [9.17, 15) is 52.5 Å². The fourth-order valence-electron chi connectivity index (χ4n) is 2.61. The SMILES string of the molecule is Clc1ccc([S+](c2ccccc2)c2ccccc2)cc1.O=S(=O)([O-])C(F)(F)C(F)(F)C(F)(F)C(F)(F)F. The van der Waals surface area contributed by atoms with E-state index in [1.165, 1.54) is 14.7 Å². The molecule has 0 saturated carbocycles. The van der Waals surface area contributed by atoms with E-state index in [0.717, 1.165) is 5.02 Å². The molecule has 3 rings (SSSR count). The van der Waals surface area contributed by atoms with Crippen LogP contribution in [0.5, 0.6) is 0 Å². The molecule has 0 spiro atoms. The molecule has 37 heavy (non-hydrogen) atoms. The van der Waals surface area contributed by atoms with Gasteiger partial charge in [0.15, 0.2) is 24.8 Å². The van der Waals surface area contributed by atoms with Crippen LogP contribution in [-0.4, -0.2) is 36.2 Å². The lowest BCUT2D eigenvalue weighted by molar-refractivity contribution is -0.382. The Morgan fingerprint density at radius 2 is 0.946 bits per heavy atom. The molecule has 3 aromatic rings. The first kappa shape index (κ1) is 30.8. The summed E-state index contributed by atoms with van der Waals surface area (Å²) in [6.07, 6.45) is -7.16. The Labute approximate surface area is 213 Å². The Balaban J connectivity index is 0.000000265. The second-order valence-corrected chi connectivity index (χ2v) is 10.9. The van der Waals surface area contributed by atoms with Gasteiger partial charge >= 0.3 is 23.3 Å². The minimum atomic E-state index is -7.43. The summed E-state index contributed by atoms with van der Waals surface area (Å²) in [7, 11) is -7.50. The molecule has 202 valence electrons. The number of halogens is 10. The van der Waals surface area contributed by atoms with Gasteiger partial charge in [0.05, 0.1) is 10.9 Å². The van der Waals surface area contributed by atoms with Crippen LogP contribution in [-0.2, 0) is 21.0 Å². The van der Waals surface area contributed by atoms with E-state index in [-0.39, 0.29) is 10.9 Å². The molecule has 0 bridgehead atoms. The average molecular weight is 597 g/mol. The standard InChI is InChI=1S/C18H14ClS.C4HF9O3S/c19-15-11-13-18(14-12-15)20(16-7-3-1-4-8-16)17-9-5-2-6-10-17;5-1(6,3(9,10)11)2(7,8)4(12,13)17(14,15)16/h1-14H;(H,14,15,16)/q+1;/p-1. The molecule has 0 aliphatic heterocycles. The quantitative estimate of drug-likeness (QED) is 0.169. The van der Waals surface area contributed by atoms with E-state index < -0.39 is 33.4 Å². The number of hydrogen-bond acceptors (Lipinski definition) is 3. The third-order valence-electron chi connectivity index (χ3n) is 4.44. The van der Waals surface area contributed by atoms with Crippen LogP contribution in [0.15, 0.2) is 99.6 Å². The van der Waals surface area contributed by atoms with Crippen LogP contribution in [0.4, 0.5) is 39.5 Å². The van der Waals surface area contributed by atoms with Crippen LogP contribution in [0, 0.1) is 0 Å². The molecule has 0 aliphatic carbocycles. The molecule has 0 heterocycles. The predicted octanol–water partition coefficient (Wildman–Crippen LogP) is 7.39. The van der Waals surface area contributed by atoms with Gasteiger partial charge in [-0.15, -0.1) is 0 Å². The van der Waals surface area contributed by atoms with Gasteiger partial charge in [-0.25, -0.2) is 8.42 Å². The first-order chi connectivity index (χ1) is 16.8. The second-order valence-electron chi connectivity index (χ2n) is 7.00. The summed E-state index contributed by atoms with van der Waals surface area (Å²) in [5, 5.41) is -6.34. The first-order valence-corrected chi connectivity index (χ1v) is 12.6. The van der Waals surface area contributed by atoms with E-state index in [0.29, 0.717) is 0 Å². The largest absolute Gasteiger partial charge is 0.743 e. The molecule has 0 N–H and O–H groups in total. The zero-order valence-corrected chi connectivity index (χ0v) is 20.3. The molecular formula is C22H14ClF9O3S2. The summed E-state index contributed by atoms with van der Waals surface area (Å²) in [4.78, 5) is 3.92. The maximum absolute atomic E-state index is 12.2. The van der Waals surface area contributed by atoms with Crippen LogP contribution < -0.4 is 0 Å². The van der Waals surface area contributed by atoms with Crippen LogP contribution >= 0.6 is 11.6 Å². The van der Waals surface area contributed by atoms with Gasteiger partial charge in [0.25, 0.3) is 0 Å². The van der Waals surface area contributed by atoms with Crippen LogP contribution in [0.1, 0.15) is 0 Å². The monoisotopic (exact) mass is 596 g/mol. The highest BCUT2D eigenvalue weighted by atomic mass is 35.5. The highest BCUT2D eigenvalue weighted by Gasteiger charge is 2.83. The highest BCUT2D eigenvalue weighted by molar-refractivity contribution is 7.97. The molecule has 0 radical (unpaired) electrons. The smallest absolute Gasteiger partial charge is 0.460 e. The Bertz CT molecular complexity index is 1230. The highest BCUT2D eigenvalue weighted by Crippen LogP contribution is 2.54. The van der Waals surface area contributed by atoms with Gasteiger partial charge in [-0.2, -0.15) is 39.5 Å². The van der Waals surface area contributed by atoms with Crippen LogP contribution in [0.2, 0.25) is 5.02 Å². The Morgan fingerprint density at radius 3 is 1.27 bits per heavy atom. The summed E-state index contributed by atoms with van der Waals surface area (Å²) in [6, 6.07) is 29.4. The van der Waals surface area contributed by atoms with Gasteiger partial charge in [0, 0.05) is 5.02 Å². The third kappa shape index (κ3) is 6.54. The van der Waals surface area contributed by atoms with Gasteiger partial charge < -0.3 is 4.55 Å². The maximum Gasteiger partial charge on any atom is 0.460 e. The molecule has 0 unspecified atom stereocenters. The summed E-state index contributed by atoms with van der Waals surface area (Å²) in [5.74, 6) is -14.8. The Morgan fingerprint density at radius 1 is 0.595 bits per heavy atom. The zero-order chi connectivity index (χ0) is 28.3. The van der Waals surface area contributed by atoms with Gasteiger partial charge in [-0.1, -0.05) is 48.0 Å². The molecule has 0 aromatic heterocycles. The maximum atomic E-state index is 12.2. The van der Waals surface area contributed by atoms with Crippen LogP contribution in [0.3, 0.4) is 0 Å². The minimum Gasteiger partial charge on any atom is -0.743 e. The fraction of sp³-hybridized carbons (Fsp3) is 0.182. The molecule has 0 fully saturated rings. The van der Waals surface area contributed by atoms with Crippen molar-refractivity contribution in [3.05, 3.63) is 90.0 Å². The zero-order valence-electron chi connectivity index (χ0n) is 17.9. The van der Waals surface area contributed by atoms with Gasteiger partial charge in [-0.3, -0.25) is 0 Å². The van der Waals surface area contributed by atoms with Crippen LogP contribution in [0.25, 0.3) is 0 Å². The minimum absolute atomic E-state index is 0.0815. The van der Waals surface area contributed by atoms with Crippen molar-refractivity contribution < 1.29 is 52.5 Å². The van der Waals surface area contributed by atoms with E-state index in [1.54, 1.807) is 0 Å². The van der Waals surface area contributed by atoms with Gasteiger partial charge in [0.1, 0.15) is 0 Å². The number of alkyl halides is 9. The number of rotatable bonds is 6. The van der Waals surface area contributed by atoms with Crippen molar-refractivity contribution in [2.24, 2.45) is 0 Å². The lowest BCUT2D eigenvalue weighted by atomic mass is 10.1. The van der Waals surface area contributed by atoms with Crippen molar-refractivity contribution in [1.82, 2.24) is 0 Å². The van der Waals surface area contributed by atoms with Gasteiger partial charge in [0.2, 0.25) is 0 Å². The van der Waals surface area contributed by atoms with E-state index in [1.807, 2.05) is 12.1 Å².